The van der Waals surface area contributed by atoms with E-state index in [1.54, 1.807) is 31.2 Å². The van der Waals surface area contributed by atoms with Gasteiger partial charge in [-0.05, 0) is 59.0 Å². The van der Waals surface area contributed by atoms with Crippen LogP contribution in [0.2, 0.25) is 0 Å². The Morgan fingerprint density at radius 1 is 1.43 bits per heavy atom. The minimum Gasteiger partial charge on any atom is -0.494 e. The summed E-state index contributed by atoms with van der Waals surface area (Å²) >= 11 is 3.11. The number of rotatable bonds is 6. The molecule has 0 bridgehead atoms. The van der Waals surface area contributed by atoms with Gasteiger partial charge in [-0.1, -0.05) is 0 Å². The van der Waals surface area contributed by atoms with E-state index in [1.165, 1.54) is 4.68 Å². The summed E-state index contributed by atoms with van der Waals surface area (Å²) < 4.78 is 6.88. The number of halogens is 1. The molecule has 2 rings (SSSR count). The molecular formula is C14H15BrN4O4. The fourth-order valence-corrected chi connectivity index (χ4v) is 2.35. The van der Waals surface area contributed by atoms with Gasteiger partial charge in [-0.2, -0.15) is 4.68 Å². The molecule has 0 saturated heterocycles. The molecule has 2 aromatic rings. The van der Waals surface area contributed by atoms with Crippen LogP contribution in [0.5, 0.6) is 5.75 Å². The highest BCUT2D eigenvalue weighted by atomic mass is 79.9. The Morgan fingerprint density at radius 3 is 2.61 bits per heavy atom. The van der Waals surface area contributed by atoms with Gasteiger partial charge in [-0.3, -0.25) is 4.79 Å². The lowest BCUT2D eigenvalue weighted by atomic mass is 10.3. The van der Waals surface area contributed by atoms with Crippen molar-refractivity contribution in [3.63, 3.8) is 0 Å². The summed E-state index contributed by atoms with van der Waals surface area (Å²) in [5, 5.41) is 17.4. The zero-order chi connectivity index (χ0) is 17.0. The number of hydrogen-bond acceptors (Lipinski definition) is 5. The molecule has 9 heteroatoms. The molecule has 1 N–H and O–H groups in total. The van der Waals surface area contributed by atoms with Gasteiger partial charge in [0.15, 0.2) is 0 Å². The Morgan fingerprint density at radius 2 is 2.09 bits per heavy atom. The van der Waals surface area contributed by atoms with Crippen molar-refractivity contribution in [2.75, 3.05) is 11.9 Å². The number of benzene rings is 1. The lowest BCUT2D eigenvalue weighted by molar-refractivity contribution is -0.390. The predicted molar refractivity (Wildman–Crippen MR) is 87.6 cm³/mol. The van der Waals surface area contributed by atoms with E-state index in [2.05, 4.69) is 26.3 Å². The predicted octanol–water partition coefficient (Wildman–Crippen LogP) is 2.90. The number of nitrogens with zero attached hydrogens (tertiary/aromatic N) is 3. The molecule has 1 heterocycles. The summed E-state index contributed by atoms with van der Waals surface area (Å²) in [5.74, 6) is 0.0755. The van der Waals surface area contributed by atoms with Crippen molar-refractivity contribution >= 4 is 33.3 Å². The van der Waals surface area contributed by atoms with E-state index in [4.69, 9.17) is 4.74 Å². The van der Waals surface area contributed by atoms with Gasteiger partial charge in [0.25, 0.3) is 0 Å². The zero-order valence-corrected chi connectivity index (χ0v) is 14.2. The molecule has 0 atom stereocenters. The van der Waals surface area contributed by atoms with Gasteiger partial charge in [0.1, 0.15) is 16.8 Å². The lowest BCUT2D eigenvalue weighted by Gasteiger charge is -2.06. The third-order valence-electron chi connectivity index (χ3n) is 3.03. The van der Waals surface area contributed by atoms with E-state index in [1.807, 2.05) is 6.92 Å². The Bertz CT molecular complexity index is 727. The number of carbonyl (C=O) groups is 1. The molecule has 1 amide bonds. The second-order valence-electron chi connectivity index (χ2n) is 4.64. The molecule has 23 heavy (non-hydrogen) atoms. The Hall–Kier alpha value is -2.42. The van der Waals surface area contributed by atoms with Gasteiger partial charge in [0, 0.05) is 5.69 Å². The van der Waals surface area contributed by atoms with Crippen molar-refractivity contribution in [3.8, 4) is 5.75 Å². The first kappa shape index (κ1) is 16.9. The van der Waals surface area contributed by atoms with Gasteiger partial charge in [0.05, 0.1) is 17.4 Å². The van der Waals surface area contributed by atoms with Gasteiger partial charge in [-0.25, -0.2) is 0 Å². The molecule has 1 aromatic carbocycles. The fourth-order valence-electron chi connectivity index (χ4n) is 1.92. The average molecular weight is 383 g/mol. The van der Waals surface area contributed by atoms with E-state index >= 15 is 0 Å². The second-order valence-corrected chi connectivity index (χ2v) is 5.44. The SMILES string of the molecule is CCOc1ccc(NC(=O)Cn2nc([N+](=O)[O-])c(Br)c2C)cc1. The molecule has 0 unspecified atom stereocenters. The van der Waals surface area contributed by atoms with Gasteiger partial charge < -0.3 is 20.2 Å². The van der Waals surface area contributed by atoms with Crippen LogP contribution in [0.15, 0.2) is 28.7 Å². The number of ether oxygens (including phenoxy) is 1. The third kappa shape index (κ3) is 4.07. The molecule has 8 nitrogen and oxygen atoms in total. The number of carbonyl (C=O) groups excluding carboxylic acids is 1. The maximum absolute atomic E-state index is 12.0. The monoisotopic (exact) mass is 382 g/mol. The summed E-state index contributed by atoms with van der Waals surface area (Å²) in [4.78, 5) is 22.3. The smallest absolute Gasteiger partial charge is 0.404 e. The fraction of sp³-hybridized carbons (Fsp3) is 0.286. The van der Waals surface area contributed by atoms with Crippen molar-refractivity contribution in [1.82, 2.24) is 9.78 Å². The first-order valence-corrected chi connectivity index (χ1v) is 7.61. The van der Waals surface area contributed by atoms with Crippen LogP contribution in [0, 0.1) is 17.0 Å². The second kappa shape index (κ2) is 7.23. The number of nitrogens with one attached hydrogen (secondary N) is 1. The van der Waals surface area contributed by atoms with Crippen LogP contribution in [0.1, 0.15) is 12.6 Å². The van der Waals surface area contributed by atoms with Crippen molar-refractivity contribution < 1.29 is 14.5 Å². The number of anilines is 1. The number of hydrogen-bond donors (Lipinski definition) is 1. The van der Waals surface area contributed by atoms with Crippen LogP contribution in [0.25, 0.3) is 0 Å². The third-order valence-corrected chi connectivity index (χ3v) is 3.96. The molecule has 0 saturated carbocycles. The number of amides is 1. The van der Waals surface area contributed by atoms with E-state index in [9.17, 15) is 14.9 Å². The Kier molecular flexibility index (Phi) is 5.32. The average Bonchev–Trinajstić information content (AvgIpc) is 2.78. The van der Waals surface area contributed by atoms with Gasteiger partial charge >= 0.3 is 5.82 Å². The highest BCUT2D eigenvalue weighted by Crippen LogP contribution is 2.26. The molecule has 0 spiro atoms. The molecule has 0 fully saturated rings. The highest BCUT2D eigenvalue weighted by molar-refractivity contribution is 9.10. The van der Waals surface area contributed by atoms with Crippen LogP contribution in [-0.2, 0) is 11.3 Å². The maximum Gasteiger partial charge on any atom is 0.404 e. The van der Waals surface area contributed by atoms with E-state index in [0.717, 1.165) is 0 Å². The maximum atomic E-state index is 12.0. The van der Waals surface area contributed by atoms with Gasteiger partial charge in [-0.15, -0.1) is 0 Å². The molecule has 0 aliphatic carbocycles. The van der Waals surface area contributed by atoms with E-state index in [0.29, 0.717) is 23.7 Å². The van der Waals surface area contributed by atoms with Gasteiger partial charge in [0.2, 0.25) is 5.91 Å². The normalized spacial score (nSPS) is 10.4. The minimum atomic E-state index is -0.599. The summed E-state index contributed by atoms with van der Waals surface area (Å²) in [7, 11) is 0. The molecular weight excluding hydrogens is 368 g/mol. The van der Waals surface area contributed by atoms with Crippen molar-refractivity contribution in [3.05, 3.63) is 44.5 Å². The van der Waals surface area contributed by atoms with Crippen molar-refractivity contribution in [1.29, 1.82) is 0 Å². The quantitative estimate of drug-likeness (QED) is 0.611. The van der Waals surface area contributed by atoms with E-state index in [-0.39, 0.29) is 22.7 Å². The van der Waals surface area contributed by atoms with Crippen LogP contribution in [-0.4, -0.2) is 27.2 Å². The van der Waals surface area contributed by atoms with Crippen LogP contribution in [0.3, 0.4) is 0 Å². The summed E-state index contributed by atoms with van der Waals surface area (Å²) in [6.45, 7) is 3.98. The lowest BCUT2D eigenvalue weighted by Crippen LogP contribution is -2.20. The molecule has 0 radical (unpaired) electrons. The van der Waals surface area contributed by atoms with Crippen LogP contribution in [0.4, 0.5) is 11.5 Å². The molecule has 1 aromatic heterocycles. The zero-order valence-electron chi connectivity index (χ0n) is 12.6. The summed E-state index contributed by atoms with van der Waals surface area (Å²) in [6, 6.07) is 6.94. The first-order valence-electron chi connectivity index (χ1n) is 6.82. The van der Waals surface area contributed by atoms with Crippen LogP contribution >= 0.6 is 15.9 Å². The highest BCUT2D eigenvalue weighted by Gasteiger charge is 2.24. The minimum absolute atomic E-state index is 0.120. The molecule has 0 aliphatic heterocycles. The molecule has 122 valence electrons. The van der Waals surface area contributed by atoms with Crippen molar-refractivity contribution in [2.45, 2.75) is 20.4 Å². The largest absolute Gasteiger partial charge is 0.494 e. The topological polar surface area (TPSA) is 99.3 Å². The Labute approximate surface area is 140 Å². The Balaban J connectivity index is 2.05. The molecule has 0 aliphatic rings. The first-order chi connectivity index (χ1) is 10.9. The van der Waals surface area contributed by atoms with E-state index < -0.39 is 4.92 Å². The summed E-state index contributed by atoms with van der Waals surface area (Å²) in [6.07, 6.45) is 0. The summed E-state index contributed by atoms with van der Waals surface area (Å²) in [5.41, 5.74) is 1.12. The number of aromatic nitrogens is 2. The standard InChI is InChI=1S/C14H15BrN4O4/c1-3-23-11-6-4-10(5-7-11)16-12(20)8-18-9(2)13(15)14(17-18)19(21)22/h4-7H,3,8H2,1-2H3,(H,16,20). The van der Waals surface area contributed by atoms with Crippen molar-refractivity contribution in [2.24, 2.45) is 0 Å². The number of nitro groups is 1. The van der Waals surface area contributed by atoms with Crippen LogP contribution < -0.4 is 10.1 Å².